The highest BCUT2D eigenvalue weighted by molar-refractivity contribution is 5.91. The number of aliphatic carboxylic acids is 1. The van der Waals surface area contributed by atoms with Gasteiger partial charge in [0.15, 0.2) is 6.29 Å². The van der Waals surface area contributed by atoms with Crippen molar-refractivity contribution in [3.63, 3.8) is 0 Å². The molecule has 1 aromatic heterocycles. The maximum atomic E-state index is 11.4. The normalized spacial score (nSPS) is 35.8. The Kier molecular flexibility index (Phi) is 5.49. The average molecular weight is 358 g/mol. The molecule has 1 aliphatic carbocycles. The fraction of sp³-hybridized carbons (Fsp3) is 0.476. The number of rotatable bonds is 3. The molecule has 1 saturated heterocycles. The lowest BCUT2D eigenvalue weighted by molar-refractivity contribution is -0.249. The van der Waals surface area contributed by atoms with Crippen LogP contribution >= 0.6 is 0 Å². The maximum Gasteiger partial charge on any atom is 0.335 e. The Morgan fingerprint density at radius 3 is 2.92 bits per heavy atom. The van der Waals surface area contributed by atoms with Gasteiger partial charge in [-0.2, -0.15) is 0 Å². The number of methoxy groups -OCH3 is 1. The molecule has 26 heavy (non-hydrogen) atoms. The molecule has 1 N–H and O–H groups in total. The molecule has 3 rings (SSSR count). The molecule has 1 fully saturated rings. The molecule has 2 heterocycles. The van der Waals surface area contributed by atoms with Gasteiger partial charge in [-0.05, 0) is 48.8 Å². The summed E-state index contributed by atoms with van der Waals surface area (Å²) in [5.74, 6) is -0.795. The van der Waals surface area contributed by atoms with Crippen molar-refractivity contribution in [3.8, 4) is 0 Å². The van der Waals surface area contributed by atoms with Crippen LogP contribution in [0.2, 0.25) is 0 Å². The quantitative estimate of drug-likeness (QED) is 0.852. The van der Waals surface area contributed by atoms with Gasteiger partial charge in [0, 0.05) is 18.6 Å². The molecule has 1 aromatic rings. The summed E-state index contributed by atoms with van der Waals surface area (Å²) in [7, 11) is 1.66. The smallest absolute Gasteiger partial charge is 0.335 e. The molecule has 4 atom stereocenters. The van der Waals surface area contributed by atoms with Crippen LogP contribution < -0.4 is 0 Å². The molecule has 0 bridgehead atoms. The molecular formula is C21H26O5. The highest BCUT2D eigenvalue weighted by atomic mass is 16.7. The first-order valence-electron chi connectivity index (χ1n) is 8.93. The first kappa shape index (κ1) is 18.7. The predicted molar refractivity (Wildman–Crippen MR) is 97.4 cm³/mol. The van der Waals surface area contributed by atoms with Crippen molar-refractivity contribution in [2.75, 3.05) is 7.11 Å². The van der Waals surface area contributed by atoms with Gasteiger partial charge < -0.3 is 19.0 Å². The van der Waals surface area contributed by atoms with E-state index in [4.69, 9.17) is 13.9 Å². The molecule has 0 radical (unpaired) electrons. The largest absolute Gasteiger partial charge is 0.478 e. The SMILES string of the molecule is C=C1CC[C@H]2[C@H](OC)O[C@H](c3ccoc3)C[C@]2(C)C/C=C\C=C/1C(=O)O. The summed E-state index contributed by atoms with van der Waals surface area (Å²) in [5, 5.41) is 9.39. The Bertz CT molecular complexity index is 715. The van der Waals surface area contributed by atoms with Gasteiger partial charge in [0.2, 0.25) is 0 Å². The lowest BCUT2D eigenvalue weighted by Gasteiger charge is -2.48. The van der Waals surface area contributed by atoms with Crippen molar-refractivity contribution in [2.24, 2.45) is 11.3 Å². The molecule has 0 saturated carbocycles. The molecular weight excluding hydrogens is 332 g/mol. The molecule has 1 aliphatic heterocycles. The Morgan fingerprint density at radius 1 is 1.46 bits per heavy atom. The van der Waals surface area contributed by atoms with Crippen LogP contribution in [0.15, 0.2) is 59.0 Å². The van der Waals surface area contributed by atoms with Crippen molar-refractivity contribution < 1.29 is 23.8 Å². The van der Waals surface area contributed by atoms with Gasteiger partial charge in [-0.3, -0.25) is 0 Å². The fourth-order valence-electron chi connectivity index (χ4n) is 4.11. The Labute approximate surface area is 154 Å². The number of ether oxygens (including phenoxy) is 2. The summed E-state index contributed by atoms with van der Waals surface area (Å²) in [6.45, 7) is 6.24. The van der Waals surface area contributed by atoms with Gasteiger partial charge in [0.1, 0.15) is 0 Å². The van der Waals surface area contributed by atoms with Crippen LogP contribution in [0.1, 0.15) is 44.3 Å². The standard InChI is InChI=1S/C21H26O5/c1-14-7-8-17-20(24-3)26-18(15-9-11-25-13-15)12-21(17,2)10-5-4-6-16(14)19(22)23/h4-6,9,11,13,17-18,20H,1,7-8,10,12H2,2-3H3,(H,22,23)/b5-4-,16-6+/t17-,18-,20+,21-/m0/s1. The van der Waals surface area contributed by atoms with Gasteiger partial charge in [0.25, 0.3) is 0 Å². The molecule has 2 aliphatic rings. The van der Waals surface area contributed by atoms with E-state index in [1.165, 1.54) is 0 Å². The zero-order chi connectivity index (χ0) is 18.7. The zero-order valence-electron chi connectivity index (χ0n) is 15.3. The number of carbonyl (C=O) groups is 1. The van der Waals surface area contributed by atoms with Crippen LogP contribution in [0.25, 0.3) is 0 Å². The molecule has 140 valence electrons. The third-order valence-corrected chi connectivity index (χ3v) is 5.67. The van der Waals surface area contributed by atoms with Crippen LogP contribution in [-0.4, -0.2) is 24.5 Å². The first-order valence-corrected chi connectivity index (χ1v) is 8.93. The number of carboxylic acid groups (broad SMARTS) is 1. The molecule has 0 amide bonds. The molecule has 0 spiro atoms. The fourth-order valence-corrected chi connectivity index (χ4v) is 4.11. The number of hydrogen-bond donors (Lipinski definition) is 1. The highest BCUT2D eigenvalue weighted by Crippen LogP contribution is 2.51. The van der Waals surface area contributed by atoms with Crippen LogP contribution in [0.5, 0.6) is 0 Å². The van der Waals surface area contributed by atoms with Crippen molar-refractivity contribution in [1.29, 1.82) is 0 Å². The second-order valence-electron chi connectivity index (χ2n) is 7.41. The lowest BCUT2D eigenvalue weighted by Crippen LogP contribution is -2.45. The molecule has 5 heteroatoms. The van der Waals surface area contributed by atoms with Crippen molar-refractivity contribution in [3.05, 3.63) is 60.1 Å². The number of carboxylic acids is 1. The van der Waals surface area contributed by atoms with Crippen LogP contribution in [0.3, 0.4) is 0 Å². The Morgan fingerprint density at radius 2 is 2.27 bits per heavy atom. The predicted octanol–water partition coefficient (Wildman–Crippen LogP) is 4.64. The highest BCUT2D eigenvalue weighted by Gasteiger charge is 2.46. The van der Waals surface area contributed by atoms with Gasteiger partial charge in [0.05, 0.1) is 24.2 Å². The molecule has 0 unspecified atom stereocenters. The van der Waals surface area contributed by atoms with Crippen LogP contribution in [0, 0.1) is 11.3 Å². The van der Waals surface area contributed by atoms with Gasteiger partial charge >= 0.3 is 5.97 Å². The van der Waals surface area contributed by atoms with Crippen molar-refractivity contribution in [2.45, 2.75) is 45.0 Å². The average Bonchev–Trinajstić information content (AvgIpc) is 3.13. The van der Waals surface area contributed by atoms with Gasteiger partial charge in [-0.15, -0.1) is 0 Å². The summed E-state index contributed by atoms with van der Waals surface area (Å²) >= 11 is 0. The molecule has 0 aromatic carbocycles. The van der Waals surface area contributed by atoms with E-state index in [2.05, 4.69) is 13.5 Å². The third kappa shape index (κ3) is 3.69. The summed E-state index contributed by atoms with van der Waals surface area (Å²) in [5.41, 5.74) is 1.89. The van der Waals surface area contributed by atoms with E-state index in [-0.39, 0.29) is 29.3 Å². The monoisotopic (exact) mass is 358 g/mol. The minimum atomic E-state index is -0.939. The van der Waals surface area contributed by atoms with Crippen molar-refractivity contribution in [1.82, 2.24) is 0 Å². The maximum absolute atomic E-state index is 11.4. The van der Waals surface area contributed by atoms with E-state index in [1.807, 2.05) is 18.2 Å². The summed E-state index contributed by atoms with van der Waals surface area (Å²) in [6, 6.07) is 1.93. The van der Waals surface area contributed by atoms with Gasteiger partial charge in [-0.1, -0.05) is 25.7 Å². The third-order valence-electron chi connectivity index (χ3n) is 5.67. The number of allylic oxidation sites excluding steroid dienone is 3. The van der Waals surface area contributed by atoms with E-state index >= 15 is 0 Å². The van der Waals surface area contributed by atoms with Crippen LogP contribution in [0.4, 0.5) is 0 Å². The summed E-state index contributed by atoms with van der Waals surface area (Å²) in [6.07, 6.45) is 11.5. The summed E-state index contributed by atoms with van der Waals surface area (Å²) in [4.78, 5) is 11.4. The van der Waals surface area contributed by atoms with E-state index in [9.17, 15) is 9.90 Å². The van der Waals surface area contributed by atoms with E-state index < -0.39 is 5.97 Å². The number of fused-ring (bicyclic) bond motifs is 1. The zero-order valence-corrected chi connectivity index (χ0v) is 15.3. The minimum absolute atomic E-state index is 0.0355. The lowest BCUT2D eigenvalue weighted by atomic mass is 9.66. The topological polar surface area (TPSA) is 68.9 Å². The Hall–Kier alpha value is -2.11. The van der Waals surface area contributed by atoms with E-state index in [1.54, 1.807) is 25.7 Å². The van der Waals surface area contributed by atoms with E-state index in [0.717, 1.165) is 24.8 Å². The minimum Gasteiger partial charge on any atom is -0.478 e. The number of hydrogen-bond acceptors (Lipinski definition) is 4. The van der Waals surface area contributed by atoms with Gasteiger partial charge in [-0.25, -0.2) is 4.79 Å². The summed E-state index contributed by atoms with van der Waals surface area (Å²) < 4.78 is 17.1. The second kappa shape index (κ2) is 7.64. The number of furan rings is 1. The second-order valence-corrected chi connectivity index (χ2v) is 7.41. The van der Waals surface area contributed by atoms with Crippen molar-refractivity contribution >= 4 is 5.97 Å². The molecule has 5 nitrogen and oxygen atoms in total. The van der Waals surface area contributed by atoms with E-state index in [0.29, 0.717) is 12.0 Å². The Balaban J connectivity index is 1.91. The first-order chi connectivity index (χ1) is 12.4. The van der Waals surface area contributed by atoms with Crippen LogP contribution in [-0.2, 0) is 14.3 Å².